The van der Waals surface area contributed by atoms with Crippen LogP contribution >= 0.6 is 0 Å². The van der Waals surface area contributed by atoms with Crippen LogP contribution in [0, 0.1) is 0 Å². The van der Waals surface area contributed by atoms with E-state index in [4.69, 9.17) is 5.73 Å². The first-order valence-corrected chi connectivity index (χ1v) is 7.45. The van der Waals surface area contributed by atoms with Gasteiger partial charge < -0.3 is 5.73 Å². The van der Waals surface area contributed by atoms with Crippen LogP contribution < -0.4 is 10.5 Å². The molecule has 0 saturated carbocycles. The van der Waals surface area contributed by atoms with Crippen LogP contribution in [0.15, 0.2) is 23.1 Å². The molecule has 2 rings (SSSR count). The first-order valence-electron chi connectivity index (χ1n) is 5.96. The van der Waals surface area contributed by atoms with Crippen molar-refractivity contribution in [3.63, 3.8) is 0 Å². The second kappa shape index (κ2) is 4.97. The molecule has 1 heterocycles. The fraction of sp³-hybridized carbons (Fsp3) is 0.333. The van der Waals surface area contributed by atoms with Crippen LogP contribution in [0.3, 0.4) is 0 Å². The van der Waals surface area contributed by atoms with Crippen LogP contribution in [-0.4, -0.2) is 44.8 Å². The minimum Gasteiger partial charge on any atom is -0.329 e. The van der Waals surface area contributed by atoms with E-state index in [0.717, 1.165) is 4.90 Å². The van der Waals surface area contributed by atoms with Gasteiger partial charge >= 0.3 is 0 Å². The van der Waals surface area contributed by atoms with E-state index in [1.165, 1.54) is 25.2 Å². The molecule has 2 amide bonds. The van der Waals surface area contributed by atoms with Crippen molar-refractivity contribution in [3.05, 3.63) is 29.3 Å². The lowest BCUT2D eigenvalue weighted by molar-refractivity contribution is 0.0693. The summed E-state index contributed by atoms with van der Waals surface area (Å²) in [5.74, 6) is -0.939. The summed E-state index contributed by atoms with van der Waals surface area (Å²) in [5.41, 5.74) is 5.68. The number of imide groups is 1. The molecule has 0 spiro atoms. The number of benzene rings is 1. The third-order valence-corrected chi connectivity index (χ3v) is 4.67. The van der Waals surface area contributed by atoms with Crippen LogP contribution in [-0.2, 0) is 10.0 Å². The number of hydrogen-bond acceptors (Lipinski definition) is 5. The van der Waals surface area contributed by atoms with Crippen molar-refractivity contribution < 1.29 is 18.0 Å². The SMILES string of the molecule is C[C@@H](CN)NS(=O)(=O)c1ccc2c(c1)C(=O)N(C)C2=O. The van der Waals surface area contributed by atoms with Crippen molar-refractivity contribution in [2.45, 2.75) is 17.9 Å². The molecular formula is C12H15N3O4S. The van der Waals surface area contributed by atoms with Crippen molar-refractivity contribution in [1.82, 2.24) is 9.62 Å². The molecule has 1 aliphatic heterocycles. The number of amides is 2. The molecule has 7 nitrogen and oxygen atoms in total. The molecule has 1 atom stereocenters. The zero-order valence-corrected chi connectivity index (χ0v) is 11.9. The molecule has 0 unspecified atom stereocenters. The van der Waals surface area contributed by atoms with Crippen molar-refractivity contribution in [2.75, 3.05) is 13.6 Å². The monoisotopic (exact) mass is 297 g/mol. The molecule has 0 aromatic heterocycles. The summed E-state index contributed by atoms with van der Waals surface area (Å²) in [5, 5.41) is 0. The van der Waals surface area contributed by atoms with Gasteiger partial charge in [0.2, 0.25) is 10.0 Å². The second-order valence-electron chi connectivity index (χ2n) is 4.63. The maximum atomic E-state index is 12.1. The van der Waals surface area contributed by atoms with Gasteiger partial charge in [0.1, 0.15) is 0 Å². The van der Waals surface area contributed by atoms with Crippen molar-refractivity contribution >= 4 is 21.8 Å². The third kappa shape index (κ3) is 2.33. The summed E-state index contributed by atoms with van der Waals surface area (Å²) < 4.78 is 26.6. The van der Waals surface area contributed by atoms with Crippen LogP contribution in [0.2, 0.25) is 0 Å². The molecule has 0 aliphatic carbocycles. The zero-order valence-electron chi connectivity index (χ0n) is 11.1. The van der Waals surface area contributed by atoms with Gasteiger partial charge in [-0.05, 0) is 25.1 Å². The fourth-order valence-electron chi connectivity index (χ4n) is 1.89. The number of nitrogens with one attached hydrogen (secondary N) is 1. The lowest BCUT2D eigenvalue weighted by Gasteiger charge is -2.12. The highest BCUT2D eigenvalue weighted by molar-refractivity contribution is 7.89. The minimum atomic E-state index is -3.76. The van der Waals surface area contributed by atoms with E-state index in [1.807, 2.05) is 0 Å². The fourth-order valence-corrected chi connectivity index (χ4v) is 3.17. The van der Waals surface area contributed by atoms with Gasteiger partial charge in [0, 0.05) is 19.6 Å². The predicted molar refractivity (Wildman–Crippen MR) is 71.7 cm³/mol. The van der Waals surface area contributed by atoms with E-state index in [-0.39, 0.29) is 22.6 Å². The molecule has 0 saturated heterocycles. The zero-order chi connectivity index (χ0) is 15.1. The number of fused-ring (bicyclic) bond motifs is 1. The van der Waals surface area contributed by atoms with Crippen molar-refractivity contribution in [1.29, 1.82) is 0 Å². The Morgan fingerprint density at radius 3 is 2.45 bits per heavy atom. The highest BCUT2D eigenvalue weighted by Gasteiger charge is 2.34. The number of carbonyl (C=O) groups is 2. The maximum Gasteiger partial charge on any atom is 0.261 e. The molecule has 0 radical (unpaired) electrons. The number of nitrogens with zero attached hydrogens (tertiary/aromatic N) is 1. The first-order chi connectivity index (χ1) is 9.27. The van der Waals surface area contributed by atoms with Gasteiger partial charge in [-0.3, -0.25) is 14.5 Å². The third-order valence-electron chi connectivity index (χ3n) is 3.08. The van der Waals surface area contributed by atoms with Gasteiger partial charge in [-0.25, -0.2) is 13.1 Å². The molecule has 0 bridgehead atoms. The quantitative estimate of drug-likeness (QED) is 0.731. The van der Waals surface area contributed by atoms with Crippen LogP contribution in [0.4, 0.5) is 0 Å². The van der Waals surface area contributed by atoms with Crippen LogP contribution in [0.1, 0.15) is 27.6 Å². The average Bonchev–Trinajstić information content (AvgIpc) is 2.63. The molecule has 0 fully saturated rings. The smallest absolute Gasteiger partial charge is 0.261 e. The van der Waals surface area contributed by atoms with E-state index in [0.29, 0.717) is 0 Å². The molecule has 8 heteroatoms. The summed E-state index contributed by atoms with van der Waals surface area (Å²) in [4.78, 5) is 24.4. The number of sulfonamides is 1. The normalized spacial score (nSPS) is 16.4. The minimum absolute atomic E-state index is 0.0620. The number of hydrogen-bond donors (Lipinski definition) is 2. The Balaban J connectivity index is 2.43. The standard InChI is InChI=1S/C12H15N3O4S/c1-7(6-13)14-20(18,19)8-3-4-9-10(5-8)12(17)15(2)11(9)16/h3-5,7,14H,6,13H2,1-2H3/t7-/m0/s1. The van der Waals surface area contributed by atoms with E-state index < -0.39 is 27.9 Å². The Morgan fingerprint density at radius 1 is 1.25 bits per heavy atom. The van der Waals surface area contributed by atoms with Gasteiger partial charge in [0.15, 0.2) is 0 Å². The predicted octanol–water partition coefficient (Wildman–Crippen LogP) is -0.462. The first kappa shape index (κ1) is 14.6. The van der Waals surface area contributed by atoms with Crippen LogP contribution in [0.5, 0.6) is 0 Å². The number of rotatable bonds is 4. The van der Waals surface area contributed by atoms with Gasteiger partial charge in [0.25, 0.3) is 11.8 Å². The number of nitrogens with two attached hydrogens (primary N) is 1. The average molecular weight is 297 g/mol. The Bertz CT molecular complexity index is 684. The summed E-state index contributed by atoms with van der Waals surface area (Å²) in [6.45, 7) is 1.79. The Morgan fingerprint density at radius 2 is 1.85 bits per heavy atom. The van der Waals surface area contributed by atoms with Gasteiger partial charge in [-0.1, -0.05) is 0 Å². The lowest BCUT2D eigenvalue weighted by atomic mass is 10.1. The molecule has 1 aromatic carbocycles. The molecule has 1 aliphatic rings. The summed E-state index contributed by atoms with van der Waals surface area (Å²) in [6, 6.07) is 3.44. The number of carbonyl (C=O) groups excluding carboxylic acids is 2. The summed E-state index contributed by atoms with van der Waals surface area (Å²) >= 11 is 0. The lowest BCUT2D eigenvalue weighted by Crippen LogP contribution is -2.37. The molecule has 108 valence electrons. The summed E-state index contributed by atoms with van der Waals surface area (Å²) in [6.07, 6.45) is 0. The van der Waals surface area contributed by atoms with E-state index in [1.54, 1.807) is 6.92 Å². The maximum absolute atomic E-state index is 12.1. The molecular weight excluding hydrogens is 282 g/mol. The van der Waals surface area contributed by atoms with Gasteiger partial charge in [-0.15, -0.1) is 0 Å². The van der Waals surface area contributed by atoms with Gasteiger partial charge in [0.05, 0.1) is 16.0 Å². The van der Waals surface area contributed by atoms with Crippen LogP contribution in [0.25, 0.3) is 0 Å². The Hall–Kier alpha value is -1.77. The second-order valence-corrected chi connectivity index (χ2v) is 6.35. The van der Waals surface area contributed by atoms with Crippen molar-refractivity contribution in [3.8, 4) is 0 Å². The van der Waals surface area contributed by atoms with Crippen molar-refractivity contribution in [2.24, 2.45) is 5.73 Å². The van der Waals surface area contributed by atoms with Gasteiger partial charge in [-0.2, -0.15) is 0 Å². The highest BCUT2D eigenvalue weighted by atomic mass is 32.2. The highest BCUT2D eigenvalue weighted by Crippen LogP contribution is 2.24. The molecule has 1 aromatic rings. The van der Waals surface area contributed by atoms with E-state index in [9.17, 15) is 18.0 Å². The largest absolute Gasteiger partial charge is 0.329 e. The Labute approximate surface area is 116 Å². The Kier molecular flexibility index (Phi) is 3.63. The topological polar surface area (TPSA) is 110 Å². The molecule has 20 heavy (non-hydrogen) atoms. The van der Waals surface area contributed by atoms with E-state index >= 15 is 0 Å². The van der Waals surface area contributed by atoms with E-state index in [2.05, 4.69) is 4.72 Å². The summed E-state index contributed by atoms with van der Waals surface area (Å²) in [7, 11) is -2.41. The molecule has 3 N–H and O–H groups in total.